The molecule has 1 aromatic heterocycles. The molecule has 0 fully saturated rings. The molecule has 5 heteroatoms. The highest BCUT2D eigenvalue weighted by Crippen LogP contribution is 2.26. The predicted octanol–water partition coefficient (Wildman–Crippen LogP) is 1.53. The summed E-state index contributed by atoms with van der Waals surface area (Å²) in [5, 5.41) is 13.4. The summed E-state index contributed by atoms with van der Waals surface area (Å²) < 4.78 is 5.33. The van der Waals surface area contributed by atoms with Gasteiger partial charge in [0.05, 0.1) is 0 Å². The molecule has 0 aliphatic heterocycles. The molecule has 1 aromatic rings. The maximum atomic E-state index is 5.33. The van der Waals surface area contributed by atoms with Crippen molar-refractivity contribution in [1.29, 1.82) is 0 Å². The lowest BCUT2D eigenvalue weighted by Gasteiger charge is -2.18. The number of hydrogen-bond acceptors (Lipinski definition) is 5. The molecule has 1 rings (SSSR count). The van der Waals surface area contributed by atoms with Crippen molar-refractivity contribution in [2.45, 2.75) is 32.9 Å². The lowest BCUT2D eigenvalue weighted by Crippen LogP contribution is -2.18. The van der Waals surface area contributed by atoms with Gasteiger partial charge in [-0.1, -0.05) is 18.3 Å². The standard InChI is InChI=1S/C9H17N3OS/c1-5-10-6-7-11-12-8(14-7)9(2,3)13-4/h10H,5-6H2,1-4H3. The SMILES string of the molecule is CCNCc1nnc(C(C)(C)OC)s1. The molecular formula is C9H17N3OS. The number of ether oxygens (including phenoxy) is 1. The Labute approximate surface area is 88.7 Å². The van der Waals surface area contributed by atoms with Gasteiger partial charge >= 0.3 is 0 Å². The topological polar surface area (TPSA) is 47.0 Å². The maximum absolute atomic E-state index is 5.33. The van der Waals surface area contributed by atoms with Gasteiger partial charge in [0, 0.05) is 13.7 Å². The third-order valence-corrected chi connectivity index (χ3v) is 3.25. The van der Waals surface area contributed by atoms with Gasteiger partial charge in [0.15, 0.2) is 0 Å². The first kappa shape index (κ1) is 11.6. The van der Waals surface area contributed by atoms with E-state index in [1.165, 1.54) is 0 Å². The van der Waals surface area contributed by atoms with Crippen LogP contribution in [0.3, 0.4) is 0 Å². The zero-order valence-corrected chi connectivity index (χ0v) is 9.94. The van der Waals surface area contributed by atoms with Gasteiger partial charge in [-0.15, -0.1) is 10.2 Å². The third kappa shape index (κ3) is 2.73. The van der Waals surface area contributed by atoms with Gasteiger partial charge in [0.2, 0.25) is 0 Å². The Hall–Kier alpha value is -0.520. The monoisotopic (exact) mass is 215 g/mol. The number of hydrogen-bond donors (Lipinski definition) is 1. The lowest BCUT2D eigenvalue weighted by molar-refractivity contribution is 0.0185. The Morgan fingerprint density at radius 1 is 1.43 bits per heavy atom. The molecule has 0 radical (unpaired) electrons. The van der Waals surface area contributed by atoms with Gasteiger partial charge < -0.3 is 10.1 Å². The summed E-state index contributed by atoms with van der Waals surface area (Å²) in [7, 11) is 1.69. The van der Waals surface area contributed by atoms with E-state index < -0.39 is 0 Å². The molecule has 0 bridgehead atoms. The fraction of sp³-hybridized carbons (Fsp3) is 0.778. The number of methoxy groups -OCH3 is 1. The van der Waals surface area contributed by atoms with Crippen LogP contribution in [0.1, 0.15) is 30.8 Å². The van der Waals surface area contributed by atoms with E-state index in [0.29, 0.717) is 0 Å². The van der Waals surface area contributed by atoms with E-state index in [0.717, 1.165) is 23.1 Å². The van der Waals surface area contributed by atoms with Crippen molar-refractivity contribution < 1.29 is 4.74 Å². The van der Waals surface area contributed by atoms with Gasteiger partial charge in [-0.2, -0.15) is 0 Å². The Bertz CT molecular complexity index is 285. The van der Waals surface area contributed by atoms with Crippen molar-refractivity contribution >= 4 is 11.3 Å². The molecule has 1 N–H and O–H groups in total. The highest BCUT2D eigenvalue weighted by molar-refractivity contribution is 7.11. The molecule has 0 spiro atoms. The molecule has 0 unspecified atom stereocenters. The maximum Gasteiger partial charge on any atom is 0.148 e. The van der Waals surface area contributed by atoms with E-state index in [9.17, 15) is 0 Å². The molecule has 80 valence electrons. The zero-order chi connectivity index (χ0) is 10.6. The summed E-state index contributed by atoms with van der Waals surface area (Å²) in [6.45, 7) is 7.78. The lowest BCUT2D eigenvalue weighted by atomic mass is 10.1. The molecular weight excluding hydrogens is 198 g/mol. The van der Waals surface area contributed by atoms with E-state index in [2.05, 4.69) is 22.4 Å². The number of nitrogens with one attached hydrogen (secondary N) is 1. The van der Waals surface area contributed by atoms with Crippen LogP contribution in [0.2, 0.25) is 0 Å². The molecule has 0 saturated carbocycles. The Kier molecular flexibility index (Phi) is 3.97. The highest BCUT2D eigenvalue weighted by atomic mass is 32.1. The van der Waals surface area contributed by atoms with Gasteiger partial charge in [0.25, 0.3) is 0 Å². The second kappa shape index (κ2) is 4.82. The Morgan fingerprint density at radius 3 is 2.71 bits per heavy atom. The summed E-state index contributed by atoms with van der Waals surface area (Å²) in [4.78, 5) is 0. The fourth-order valence-corrected chi connectivity index (χ4v) is 1.78. The van der Waals surface area contributed by atoms with Crippen LogP contribution in [0.25, 0.3) is 0 Å². The molecule has 1 heterocycles. The van der Waals surface area contributed by atoms with E-state index in [1.54, 1.807) is 18.4 Å². The normalized spacial score (nSPS) is 12.0. The van der Waals surface area contributed by atoms with Crippen LogP contribution in [0.15, 0.2) is 0 Å². The minimum atomic E-state index is -0.331. The molecule has 0 aromatic carbocycles. The number of nitrogens with zero attached hydrogens (tertiary/aromatic N) is 2. The Balaban J connectivity index is 2.67. The van der Waals surface area contributed by atoms with Crippen LogP contribution in [0, 0.1) is 0 Å². The fourth-order valence-electron chi connectivity index (χ4n) is 0.888. The van der Waals surface area contributed by atoms with Crippen LogP contribution >= 0.6 is 11.3 Å². The summed E-state index contributed by atoms with van der Waals surface area (Å²) in [5.74, 6) is 0. The minimum Gasteiger partial charge on any atom is -0.372 e. The van der Waals surface area contributed by atoms with Crippen molar-refractivity contribution in [3.8, 4) is 0 Å². The summed E-state index contributed by atoms with van der Waals surface area (Å²) in [6.07, 6.45) is 0. The third-order valence-electron chi connectivity index (χ3n) is 2.02. The van der Waals surface area contributed by atoms with Crippen LogP contribution in [-0.4, -0.2) is 23.9 Å². The smallest absolute Gasteiger partial charge is 0.148 e. The van der Waals surface area contributed by atoms with Crippen molar-refractivity contribution in [3.63, 3.8) is 0 Å². The molecule has 0 aliphatic carbocycles. The molecule has 0 atom stereocenters. The van der Waals surface area contributed by atoms with Crippen molar-refractivity contribution in [1.82, 2.24) is 15.5 Å². The minimum absolute atomic E-state index is 0.331. The predicted molar refractivity (Wildman–Crippen MR) is 57.3 cm³/mol. The average molecular weight is 215 g/mol. The van der Waals surface area contributed by atoms with Crippen LogP contribution < -0.4 is 5.32 Å². The molecule has 0 amide bonds. The van der Waals surface area contributed by atoms with E-state index in [4.69, 9.17) is 4.74 Å². The molecule has 4 nitrogen and oxygen atoms in total. The Morgan fingerprint density at radius 2 is 2.14 bits per heavy atom. The van der Waals surface area contributed by atoms with Crippen molar-refractivity contribution in [3.05, 3.63) is 10.0 Å². The van der Waals surface area contributed by atoms with Gasteiger partial charge in [-0.25, -0.2) is 0 Å². The molecule has 14 heavy (non-hydrogen) atoms. The zero-order valence-electron chi connectivity index (χ0n) is 9.13. The number of rotatable bonds is 5. The second-order valence-corrected chi connectivity index (χ2v) is 4.56. The van der Waals surface area contributed by atoms with Crippen LogP contribution in [-0.2, 0) is 16.9 Å². The largest absolute Gasteiger partial charge is 0.372 e. The number of aromatic nitrogens is 2. The van der Waals surface area contributed by atoms with E-state index >= 15 is 0 Å². The first-order chi connectivity index (χ1) is 6.60. The first-order valence-electron chi connectivity index (χ1n) is 4.69. The molecule has 0 saturated heterocycles. The van der Waals surface area contributed by atoms with Gasteiger partial charge in [0.1, 0.15) is 15.6 Å². The van der Waals surface area contributed by atoms with Gasteiger partial charge in [-0.3, -0.25) is 0 Å². The van der Waals surface area contributed by atoms with E-state index in [-0.39, 0.29) is 5.60 Å². The highest BCUT2D eigenvalue weighted by Gasteiger charge is 2.24. The summed E-state index contributed by atoms with van der Waals surface area (Å²) >= 11 is 1.59. The second-order valence-electron chi connectivity index (χ2n) is 3.50. The summed E-state index contributed by atoms with van der Waals surface area (Å²) in [5.41, 5.74) is -0.331. The molecule has 0 aliphatic rings. The van der Waals surface area contributed by atoms with Crippen LogP contribution in [0.5, 0.6) is 0 Å². The quantitative estimate of drug-likeness (QED) is 0.809. The average Bonchev–Trinajstić information content (AvgIpc) is 2.63. The van der Waals surface area contributed by atoms with Crippen LogP contribution in [0.4, 0.5) is 0 Å². The van der Waals surface area contributed by atoms with Crippen molar-refractivity contribution in [2.75, 3.05) is 13.7 Å². The van der Waals surface area contributed by atoms with Gasteiger partial charge in [-0.05, 0) is 20.4 Å². The summed E-state index contributed by atoms with van der Waals surface area (Å²) in [6, 6.07) is 0. The van der Waals surface area contributed by atoms with Crippen molar-refractivity contribution in [2.24, 2.45) is 0 Å². The first-order valence-corrected chi connectivity index (χ1v) is 5.50. The van der Waals surface area contributed by atoms with E-state index in [1.807, 2.05) is 13.8 Å².